The summed E-state index contributed by atoms with van der Waals surface area (Å²) in [5.41, 5.74) is 7.53. The SMILES string of the molecule is C[C@]12CC[C@@]3(N)[C@@H](CC[C@H]4C[C@H](O)CC[C@@]43C)[C@@H]1CC[C@@H]2C#N. The fraction of sp³-hybridized carbons (Fsp3) is 0.950. The highest BCUT2D eigenvalue weighted by molar-refractivity contribution is 5.20. The van der Waals surface area contributed by atoms with Crippen molar-refractivity contribution in [3.63, 3.8) is 0 Å². The Morgan fingerprint density at radius 3 is 2.48 bits per heavy atom. The summed E-state index contributed by atoms with van der Waals surface area (Å²) in [6.07, 6.45) is 9.73. The van der Waals surface area contributed by atoms with Gasteiger partial charge in [-0.15, -0.1) is 0 Å². The van der Waals surface area contributed by atoms with E-state index in [0.717, 1.165) is 38.5 Å². The van der Waals surface area contributed by atoms with E-state index < -0.39 is 0 Å². The van der Waals surface area contributed by atoms with E-state index in [1.54, 1.807) is 0 Å². The lowest BCUT2D eigenvalue weighted by Gasteiger charge is -2.66. The van der Waals surface area contributed by atoms with E-state index in [4.69, 9.17) is 5.73 Å². The number of fused-ring (bicyclic) bond motifs is 5. The van der Waals surface area contributed by atoms with Crippen LogP contribution in [0.5, 0.6) is 0 Å². The maximum atomic E-state index is 10.1. The second kappa shape index (κ2) is 4.96. The normalized spacial score (nSPS) is 58.7. The van der Waals surface area contributed by atoms with E-state index in [9.17, 15) is 10.4 Å². The first-order valence-electron chi connectivity index (χ1n) is 9.72. The van der Waals surface area contributed by atoms with Crippen LogP contribution in [0.4, 0.5) is 0 Å². The van der Waals surface area contributed by atoms with Crippen LogP contribution in [0.2, 0.25) is 0 Å². The van der Waals surface area contributed by atoms with E-state index in [0.29, 0.717) is 17.8 Å². The molecule has 0 spiro atoms. The van der Waals surface area contributed by atoms with Gasteiger partial charge in [-0.3, -0.25) is 0 Å². The van der Waals surface area contributed by atoms with Gasteiger partial charge < -0.3 is 10.8 Å². The lowest BCUT2D eigenvalue weighted by Crippen LogP contribution is -2.70. The molecule has 0 aromatic heterocycles. The number of hydrogen-bond acceptors (Lipinski definition) is 3. The van der Waals surface area contributed by atoms with E-state index in [1.165, 1.54) is 19.3 Å². The third kappa shape index (κ3) is 1.89. The topological polar surface area (TPSA) is 70.0 Å². The van der Waals surface area contributed by atoms with Crippen molar-refractivity contribution < 1.29 is 5.11 Å². The molecule has 0 aromatic carbocycles. The van der Waals surface area contributed by atoms with Gasteiger partial charge in [-0.25, -0.2) is 0 Å². The maximum Gasteiger partial charge on any atom is 0.0661 e. The molecular formula is C20H32N2O. The first kappa shape index (κ1) is 15.9. The summed E-state index contributed by atoms with van der Waals surface area (Å²) in [7, 11) is 0. The largest absolute Gasteiger partial charge is 0.393 e. The van der Waals surface area contributed by atoms with Gasteiger partial charge >= 0.3 is 0 Å². The quantitative estimate of drug-likeness (QED) is 0.717. The number of nitriles is 1. The van der Waals surface area contributed by atoms with Gasteiger partial charge in [0.25, 0.3) is 0 Å². The van der Waals surface area contributed by atoms with E-state index in [2.05, 4.69) is 19.9 Å². The summed E-state index contributed by atoms with van der Waals surface area (Å²) in [5, 5.41) is 19.7. The van der Waals surface area contributed by atoms with Gasteiger partial charge in [-0.2, -0.15) is 5.26 Å². The molecule has 4 saturated carbocycles. The first-order valence-corrected chi connectivity index (χ1v) is 9.72. The lowest BCUT2D eigenvalue weighted by molar-refractivity contribution is -0.140. The summed E-state index contributed by atoms with van der Waals surface area (Å²) in [5.74, 6) is 2.03. The lowest BCUT2D eigenvalue weighted by atomic mass is 9.41. The molecule has 23 heavy (non-hydrogen) atoms. The molecule has 0 heterocycles. The maximum absolute atomic E-state index is 10.1. The van der Waals surface area contributed by atoms with Gasteiger partial charge in [0, 0.05) is 5.54 Å². The number of rotatable bonds is 0. The molecule has 0 radical (unpaired) electrons. The number of hydrogen-bond donors (Lipinski definition) is 2. The van der Waals surface area contributed by atoms with E-state index in [-0.39, 0.29) is 28.4 Å². The highest BCUT2D eigenvalue weighted by Crippen LogP contribution is 2.68. The van der Waals surface area contributed by atoms with Crippen LogP contribution in [0.3, 0.4) is 0 Å². The van der Waals surface area contributed by atoms with Crippen molar-refractivity contribution in [2.45, 2.75) is 83.3 Å². The third-order valence-corrected chi connectivity index (χ3v) is 9.13. The molecule has 128 valence electrons. The number of aliphatic hydroxyl groups is 1. The van der Waals surface area contributed by atoms with Crippen LogP contribution in [0.15, 0.2) is 0 Å². The van der Waals surface area contributed by atoms with Gasteiger partial charge in [0.2, 0.25) is 0 Å². The second-order valence-corrected chi connectivity index (χ2v) is 9.64. The van der Waals surface area contributed by atoms with Crippen molar-refractivity contribution in [1.29, 1.82) is 5.26 Å². The van der Waals surface area contributed by atoms with Gasteiger partial charge in [0.05, 0.1) is 18.1 Å². The Bertz CT molecular complexity index is 542. The highest BCUT2D eigenvalue weighted by atomic mass is 16.3. The van der Waals surface area contributed by atoms with E-state index in [1.807, 2.05) is 0 Å². The van der Waals surface area contributed by atoms with Crippen molar-refractivity contribution >= 4 is 0 Å². The summed E-state index contributed by atoms with van der Waals surface area (Å²) in [4.78, 5) is 0. The Morgan fingerprint density at radius 1 is 1.00 bits per heavy atom. The first-order chi connectivity index (χ1) is 10.8. The van der Waals surface area contributed by atoms with E-state index >= 15 is 0 Å². The van der Waals surface area contributed by atoms with Gasteiger partial charge in [0.1, 0.15) is 0 Å². The molecule has 8 atom stereocenters. The summed E-state index contributed by atoms with van der Waals surface area (Å²) < 4.78 is 0. The number of nitrogens with zero attached hydrogens (tertiary/aromatic N) is 1. The zero-order chi connectivity index (χ0) is 16.5. The molecule has 4 rings (SSSR count). The molecular weight excluding hydrogens is 284 g/mol. The fourth-order valence-electron chi connectivity index (χ4n) is 7.49. The average Bonchev–Trinajstić information content (AvgIpc) is 2.86. The zero-order valence-electron chi connectivity index (χ0n) is 14.7. The molecule has 3 heteroatoms. The molecule has 0 unspecified atom stereocenters. The van der Waals surface area contributed by atoms with Crippen LogP contribution in [-0.4, -0.2) is 16.7 Å². The van der Waals surface area contributed by atoms with Crippen molar-refractivity contribution in [2.24, 2.45) is 40.2 Å². The Kier molecular flexibility index (Phi) is 3.43. The molecule has 0 aliphatic heterocycles. The predicted molar refractivity (Wildman–Crippen MR) is 90.3 cm³/mol. The minimum Gasteiger partial charge on any atom is -0.393 e. The molecule has 3 nitrogen and oxygen atoms in total. The molecule has 0 amide bonds. The number of nitrogens with two attached hydrogens (primary N) is 1. The Hall–Kier alpha value is -0.590. The van der Waals surface area contributed by atoms with Crippen LogP contribution in [-0.2, 0) is 0 Å². The average molecular weight is 316 g/mol. The smallest absolute Gasteiger partial charge is 0.0661 e. The van der Waals surface area contributed by atoms with Crippen LogP contribution >= 0.6 is 0 Å². The highest BCUT2D eigenvalue weighted by Gasteiger charge is 2.65. The molecule has 4 aliphatic carbocycles. The third-order valence-electron chi connectivity index (χ3n) is 9.13. The van der Waals surface area contributed by atoms with Gasteiger partial charge in [-0.05, 0) is 86.4 Å². The summed E-state index contributed by atoms with van der Waals surface area (Å²) in [6.45, 7) is 4.80. The summed E-state index contributed by atoms with van der Waals surface area (Å²) >= 11 is 0. The summed E-state index contributed by atoms with van der Waals surface area (Å²) in [6, 6.07) is 2.61. The minimum atomic E-state index is -0.114. The Balaban J connectivity index is 1.69. The Labute approximate surface area is 140 Å². The van der Waals surface area contributed by atoms with Crippen molar-refractivity contribution in [1.82, 2.24) is 0 Å². The standard InChI is InChI=1S/C20H32N2O/c1-18-9-10-20(22)17(16(18)5-4-14(18)12-21)6-3-13-11-15(23)7-8-19(13,20)2/h13-17,23H,3-11,22H2,1-2H3/t13-,14+,15+,16-,17-,18+,19-,20+/m0/s1. The molecule has 4 aliphatic rings. The van der Waals surface area contributed by atoms with Gasteiger partial charge in [-0.1, -0.05) is 13.8 Å². The fourth-order valence-corrected chi connectivity index (χ4v) is 7.49. The number of aliphatic hydroxyl groups excluding tert-OH is 1. The van der Waals surface area contributed by atoms with Crippen LogP contribution in [0.25, 0.3) is 0 Å². The molecule has 3 N–H and O–H groups in total. The van der Waals surface area contributed by atoms with Crippen LogP contribution in [0.1, 0.15) is 71.6 Å². The molecule has 0 aromatic rings. The molecule has 0 saturated heterocycles. The molecule has 0 bridgehead atoms. The van der Waals surface area contributed by atoms with Crippen molar-refractivity contribution in [3.05, 3.63) is 0 Å². The monoisotopic (exact) mass is 316 g/mol. The Morgan fingerprint density at radius 2 is 1.74 bits per heavy atom. The van der Waals surface area contributed by atoms with Gasteiger partial charge in [0.15, 0.2) is 0 Å². The van der Waals surface area contributed by atoms with Crippen LogP contribution in [0, 0.1) is 45.8 Å². The van der Waals surface area contributed by atoms with Crippen molar-refractivity contribution in [2.75, 3.05) is 0 Å². The predicted octanol–water partition coefficient (Wildman–Crippen LogP) is 3.61. The molecule has 4 fully saturated rings. The van der Waals surface area contributed by atoms with Crippen molar-refractivity contribution in [3.8, 4) is 6.07 Å². The zero-order valence-corrected chi connectivity index (χ0v) is 14.7. The van der Waals surface area contributed by atoms with Crippen LogP contribution < -0.4 is 5.73 Å². The second-order valence-electron chi connectivity index (χ2n) is 9.64. The minimum absolute atomic E-state index is 0.0788.